The van der Waals surface area contributed by atoms with Gasteiger partial charge < -0.3 is 30.1 Å². The number of anilines is 2. The van der Waals surface area contributed by atoms with Crippen LogP contribution in [0.2, 0.25) is 0 Å². The molecule has 0 spiro atoms. The van der Waals surface area contributed by atoms with E-state index in [9.17, 15) is 16.8 Å². The molecule has 6 N–H and O–H groups in total. The molecule has 66 heavy (non-hydrogen) atoms. The Balaban J connectivity index is 0.000000197. The number of para-hydroxylation sites is 2. The molecule has 0 saturated carbocycles. The zero-order valence-electron chi connectivity index (χ0n) is 37.7. The number of pyridine rings is 2. The highest BCUT2D eigenvalue weighted by Gasteiger charge is 2.20. The SMILES string of the molecule is CCCCc1nc2c(N)nc3ccccc3c2n1CCOCCNS(=O)(=O)C1=CC=CC1.CCCCc1nc2c(N)nc3ccccc3c2n1CCOCCNS(=O)(=O)Cc1ccccc1. The molecule has 0 atom stereocenters. The summed E-state index contributed by atoms with van der Waals surface area (Å²) in [4.78, 5) is 19.0. The molecule has 4 heterocycles. The Morgan fingerprint density at radius 3 is 1.64 bits per heavy atom. The van der Waals surface area contributed by atoms with Crippen LogP contribution in [-0.4, -0.2) is 85.4 Å². The van der Waals surface area contributed by atoms with Crippen molar-refractivity contribution in [1.82, 2.24) is 38.5 Å². The van der Waals surface area contributed by atoms with Crippen LogP contribution < -0.4 is 20.9 Å². The number of nitrogens with zero attached hydrogens (tertiary/aromatic N) is 6. The van der Waals surface area contributed by atoms with Gasteiger partial charge >= 0.3 is 0 Å². The molecule has 0 unspecified atom stereocenters. The first-order valence-electron chi connectivity index (χ1n) is 22.6. The Morgan fingerprint density at radius 1 is 0.636 bits per heavy atom. The summed E-state index contributed by atoms with van der Waals surface area (Å²) >= 11 is 0. The summed E-state index contributed by atoms with van der Waals surface area (Å²) in [6.45, 7) is 7.41. The number of hydrogen-bond acceptors (Lipinski definition) is 12. The number of aryl methyl sites for hydroxylation is 2. The number of nitrogens with one attached hydrogen (secondary N) is 2. The minimum atomic E-state index is -3.43. The van der Waals surface area contributed by atoms with Crippen molar-refractivity contribution >= 4 is 75.6 Å². The molecule has 350 valence electrons. The Labute approximate surface area is 386 Å². The van der Waals surface area contributed by atoms with Gasteiger partial charge in [-0.2, -0.15) is 0 Å². The van der Waals surface area contributed by atoms with Crippen molar-refractivity contribution in [1.29, 1.82) is 0 Å². The fraction of sp³-hybridized carbons (Fsp3) is 0.375. The van der Waals surface area contributed by atoms with Gasteiger partial charge in [0.15, 0.2) is 11.6 Å². The molecule has 8 rings (SSSR count). The lowest BCUT2D eigenvalue weighted by Crippen LogP contribution is -2.29. The van der Waals surface area contributed by atoms with Crippen LogP contribution in [0.4, 0.5) is 11.6 Å². The standard InChI is InChI=1S/C25H31N5O3S.C23H29N5O3S/c1-2-3-13-22-29-23-24(20-11-7-8-12-21(20)28-25(23)26)30(22)15-17-33-16-14-27-34(31,32)18-19-9-5-4-6-10-19;1-2-3-12-20-27-21-22(18-10-6-7-11-19(18)26-23(21)24)28(20)14-16-31-15-13-25-32(29,30)17-8-4-5-9-17/h4-12,27H,2-3,13-18H2,1H3,(H2,26,28);4-8,10-11,25H,2-3,9,12-16H2,1H3,(H2,24,26). The summed E-state index contributed by atoms with van der Waals surface area (Å²) in [5.74, 6) is 2.75. The zero-order valence-corrected chi connectivity index (χ0v) is 39.3. The van der Waals surface area contributed by atoms with Crippen molar-refractivity contribution in [2.24, 2.45) is 0 Å². The molecular weight excluding hydrogens is 877 g/mol. The first-order valence-corrected chi connectivity index (χ1v) is 25.7. The predicted molar refractivity (Wildman–Crippen MR) is 264 cm³/mol. The van der Waals surface area contributed by atoms with E-state index in [0.717, 1.165) is 99.6 Å². The lowest BCUT2D eigenvalue weighted by Gasteiger charge is -2.12. The molecule has 0 saturated heterocycles. The van der Waals surface area contributed by atoms with Gasteiger partial charge in [0.05, 0.1) is 59.2 Å². The molecule has 1 aliphatic carbocycles. The molecular formula is C48H60N10O6S2. The number of unbranched alkanes of at least 4 members (excludes halogenated alkanes) is 2. The fourth-order valence-electron chi connectivity index (χ4n) is 7.94. The maximum Gasteiger partial charge on any atom is 0.237 e. The molecule has 7 aromatic rings. The lowest BCUT2D eigenvalue weighted by molar-refractivity contribution is 0.131. The number of hydrogen-bond donors (Lipinski definition) is 4. The number of nitrogen functional groups attached to an aromatic ring is 2. The molecule has 0 bridgehead atoms. The van der Waals surface area contributed by atoms with Crippen LogP contribution in [0.15, 0.2) is 102 Å². The predicted octanol–water partition coefficient (Wildman–Crippen LogP) is 6.93. The van der Waals surface area contributed by atoms with Gasteiger partial charge in [0, 0.05) is 56.2 Å². The lowest BCUT2D eigenvalue weighted by atomic mass is 10.2. The first kappa shape index (κ1) is 48.2. The van der Waals surface area contributed by atoms with Crippen LogP contribution in [0, 0.1) is 0 Å². The third-order valence-corrected chi connectivity index (χ3v) is 14.1. The molecule has 4 aromatic heterocycles. The van der Waals surface area contributed by atoms with Gasteiger partial charge in [0.1, 0.15) is 22.7 Å². The highest BCUT2D eigenvalue weighted by Crippen LogP contribution is 2.31. The van der Waals surface area contributed by atoms with E-state index < -0.39 is 20.0 Å². The van der Waals surface area contributed by atoms with Crippen LogP contribution in [0.25, 0.3) is 43.9 Å². The van der Waals surface area contributed by atoms with Crippen molar-refractivity contribution in [3.05, 3.63) is 119 Å². The number of sulfonamides is 2. The first-order chi connectivity index (χ1) is 32.0. The number of fused-ring (bicyclic) bond motifs is 6. The number of imidazole rings is 2. The van der Waals surface area contributed by atoms with E-state index in [-0.39, 0.29) is 25.4 Å². The highest BCUT2D eigenvalue weighted by molar-refractivity contribution is 7.93. The molecule has 16 nitrogen and oxygen atoms in total. The van der Waals surface area contributed by atoms with Crippen LogP contribution in [-0.2, 0) is 61.2 Å². The van der Waals surface area contributed by atoms with Gasteiger partial charge in [0.25, 0.3) is 0 Å². The molecule has 0 fully saturated rings. The maximum absolute atomic E-state index is 12.3. The Morgan fingerprint density at radius 2 is 1.14 bits per heavy atom. The summed E-state index contributed by atoms with van der Waals surface area (Å²) in [5.41, 5.74) is 18.3. The topological polar surface area (TPSA) is 224 Å². The molecule has 1 aliphatic rings. The van der Waals surface area contributed by atoms with Gasteiger partial charge in [-0.15, -0.1) is 0 Å². The third kappa shape index (κ3) is 12.0. The minimum Gasteiger partial charge on any atom is -0.382 e. The summed E-state index contributed by atoms with van der Waals surface area (Å²) in [7, 11) is -6.84. The number of allylic oxidation sites excluding steroid dienone is 4. The largest absolute Gasteiger partial charge is 0.382 e. The van der Waals surface area contributed by atoms with E-state index in [4.69, 9.17) is 30.9 Å². The van der Waals surface area contributed by atoms with Gasteiger partial charge in [-0.1, -0.05) is 106 Å². The molecule has 0 aliphatic heterocycles. The molecule has 18 heteroatoms. The molecule has 0 amide bonds. The van der Waals surface area contributed by atoms with E-state index >= 15 is 0 Å². The summed E-state index contributed by atoms with van der Waals surface area (Å²) in [5, 5.41) is 2.02. The van der Waals surface area contributed by atoms with E-state index in [1.807, 2.05) is 72.8 Å². The number of nitrogens with two attached hydrogens (primary N) is 2. The summed E-state index contributed by atoms with van der Waals surface area (Å²) in [6, 6.07) is 25.0. The second-order valence-electron chi connectivity index (χ2n) is 16.0. The Hall–Kier alpha value is -5.76. The van der Waals surface area contributed by atoms with Crippen molar-refractivity contribution < 1.29 is 26.3 Å². The average Bonchev–Trinajstić information content (AvgIpc) is 4.08. The quantitative estimate of drug-likeness (QED) is 0.0479. The maximum atomic E-state index is 12.3. The van der Waals surface area contributed by atoms with E-state index in [1.165, 1.54) is 0 Å². The van der Waals surface area contributed by atoms with Gasteiger partial charge in [0.2, 0.25) is 20.0 Å². The van der Waals surface area contributed by atoms with Crippen molar-refractivity contribution in [3.8, 4) is 0 Å². The smallest absolute Gasteiger partial charge is 0.237 e. The van der Waals surface area contributed by atoms with Crippen molar-refractivity contribution in [3.63, 3.8) is 0 Å². The van der Waals surface area contributed by atoms with E-state index in [0.29, 0.717) is 55.9 Å². The number of aromatic nitrogens is 6. The Kier molecular flexibility index (Phi) is 16.5. The molecule has 3 aromatic carbocycles. The Bertz CT molecular complexity index is 3040. The van der Waals surface area contributed by atoms with Gasteiger partial charge in [-0.05, 0) is 36.6 Å². The van der Waals surface area contributed by atoms with Crippen LogP contribution >= 0.6 is 0 Å². The zero-order chi connectivity index (χ0) is 46.5. The second kappa shape index (κ2) is 22.6. The van der Waals surface area contributed by atoms with Crippen LogP contribution in [0.1, 0.15) is 63.2 Å². The summed E-state index contributed by atoms with van der Waals surface area (Å²) in [6.07, 6.45) is 11.5. The molecule has 0 radical (unpaired) electrons. The van der Waals surface area contributed by atoms with Crippen molar-refractivity contribution in [2.75, 3.05) is 51.0 Å². The van der Waals surface area contributed by atoms with Gasteiger partial charge in [-0.3, -0.25) is 0 Å². The average molecular weight is 937 g/mol. The third-order valence-electron chi connectivity index (χ3n) is 11.2. The number of ether oxygens (including phenoxy) is 2. The number of benzene rings is 3. The normalized spacial score (nSPS) is 13.0. The van der Waals surface area contributed by atoms with Crippen molar-refractivity contribution in [2.45, 2.75) is 77.6 Å². The van der Waals surface area contributed by atoms with E-state index in [1.54, 1.807) is 24.3 Å². The summed E-state index contributed by atoms with van der Waals surface area (Å²) < 4.78 is 70.0. The highest BCUT2D eigenvalue weighted by atomic mass is 32.2. The van der Waals surface area contributed by atoms with E-state index in [2.05, 4.69) is 42.4 Å². The van der Waals surface area contributed by atoms with Crippen LogP contribution in [0.3, 0.4) is 0 Å². The second-order valence-corrected chi connectivity index (χ2v) is 19.6. The minimum absolute atomic E-state index is 0.0435. The number of rotatable bonds is 23. The fourth-order valence-corrected chi connectivity index (χ4v) is 10.2. The van der Waals surface area contributed by atoms with Crippen LogP contribution in [0.5, 0.6) is 0 Å². The monoisotopic (exact) mass is 936 g/mol. The van der Waals surface area contributed by atoms with Gasteiger partial charge in [-0.25, -0.2) is 46.2 Å².